The number of rotatable bonds is 6. The molecule has 0 bridgehead atoms. The maximum atomic E-state index is 2.38. The summed E-state index contributed by atoms with van der Waals surface area (Å²) in [5, 5.41) is 0. The van der Waals surface area contributed by atoms with Crippen LogP contribution < -0.4 is 0 Å². The van der Waals surface area contributed by atoms with E-state index >= 15 is 0 Å². The van der Waals surface area contributed by atoms with Gasteiger partial charge in [0.25, 0.3) is 0 Å². The van der Waals surface area contributed by atoms with Crippen LogP contribution >= 0.6 is 0 Å². The Morgan fingerprint density at radius 2 is 1.83 bits per heavy atom. The molecule has 0 nitrogen and oxygen atoms in total. The molecule has 18 heavy (non-hydrogen) atoms. The van der Waals surface area contributed by atoms with Gasteiger partial charge in [-0.25, -0.2) is 0 Å². The first-order chi connectivity index (χ1) is 8.52. The third-order valence-corrected chi connectivity index (χ3v) is 3.70. The van der Waals surface area contributed by atoms with Crippen LogP contribution in [0.1, 0.15) is 52.2 Å². The highest BCUT2D eigenvalue weighted by Crippen LogP contribution is 2.21. The van der Waals surface area contributed by atoms with E-state index in [4.69, 9.17) is 0 Å². The molecule has 0 aliphatic carbocycles. The molecule has 0 saturated heterocycles. The summed E-state index contributed by atoms with van der Waals surface area (Å²) in [6, 6.07) is 9.09. The van der Waals surface area contributed by atoms with Crippen LogP contribution in [-0.2, 0) is 12.8 Å². The number of allylic oxidation sites excluding steroid dienone is 2. The van der Waals surface area contributed by atoms with Crippen LogP contribution in [0, 0.1) is 11.8 Å². The van der Waals surface area contributed by atoms with Gasteiger partial charge in [-0.05, 0) is 49.7 Å². The normalized spacial score (nSPS) is 12.6. The number of hydrogen-bond acceptors (Lipinski definition) is 0. The lowest BCUT2D eigenvalue weighted by atomic mass is 9.87. The number of benzene rings is 1. The highest BCUT2D eigenvalue weighted by molar-refractivity contribution is 5.26. The van der Waals surface area contributed by atoms with E-state index in [9.17, 15) is 0 Å². The van der Waals surface area contributed by atoms with Crippen molar-refractivity contribution in [3.63, 3.8) is 0 Å². The van der Waals surface area contributed by atoms with Crippen LogP contribution in [0.25, 0.3) is 0 Å². The Balaban J connectivity index is 2.72. The van der Waals surface area contributed by atoms with Crippen molar-refractivity contribution >= 4 is 0 Å². The molecular weight excluding hydrogens is 216 g/mol. The minimum absolute atomic E-state index is 0.774. The van der Waals surface area contributed by atoms with E-state index in [0.29, 0.717) is 0 Å². The summed E-state index contributed by atoms with van der Waals surface area (Å²) < 4.78 is 0. The van der Waals surface area contributed by atoms with E-state index in [1.807, 2.05) is 0 Å². The zero-order chi connectivity index (χ0) is 13.5. The molecule has 0 aromatic heterocycles. The summed E-state index contributed by atoms with van der Waals surface area (Å²) in [6.07, 6.45) is 5.86. The van der Waals surface area contributed by atoms with E-state index in [2.05, 4.69) is 65.0 Å². The van der Waals surface area contributed by atoms with Gasteiger partial charge in [0.15, 0.2) is 0 Å². The Hall–Kier alpha value is -1.04. The van der Waals surface area contributed by atoms with Gasteiger partial charge in [-0.3, -0.25) is 0 Å². The van der Waals surface area contributed by atoms with Gasteiger partial charge >= 0.3 is 0 Å². The molecule has 100 valence electrons. The molecule has 1 atom stereocenters. The van der Waals surface area contributed by atoms with Gasteiger partial charge in [0, 0.05) is 0 Å². The van der Waals surface area contributed by atoms with E-state index in [-0.39, 0.29) is 0 Å². The molecule has 1 unspecified atom stereocenters. The average molecular weight is 244 g/mol. The fraction of sp³-hybridized carbons (Fsp3) is 0.556. The second kappa shape index (κ2) is 7.41. The molecule has 0 aliphatic heterocycles. The highest BCUT2D eigenvalue weighted by Gasteiger charge is 2.11. The average Bonchev–Trinajstić information content (AvgIpc) is 2.33. The molecule has 0 N–H and O–H groups in total. The third-order valence-electron chi connectivity index (χ3n) is 3.70. The second-order valence-corrected chi connectivity index (χ2v) is 5.92. The van der Waals surface area contributed by atoms with Gasteiger partial charge in [-0.2, -0.15) is 0 Å². The van der Waals surface area contributed by atoms with Crippen molar-refractivity contribution in [3.8, 4) is 0 Å². The van der Waals surface area contributed by atoms with Crippen molar-refractivity contribution in [2.45, 2.75) is 53.9 Å². The van der Waals surface area contributed by atoms with E-state index in [1.54, 1.807) is 0 Å². The summed E-state index contributed by atoms with van der Waals surface area (Å²) in [7, 11) is 0. The van der Waals surface area contributed by atoms with Crippen molar-refractivity contribution in [1.29, 1.82) is 0 Å². The fourth-order valence-electron chi connectivity index (χ4n) is 2.36. The predicted molar refractivity (Wildman–Crippen MR) is 81.9 cm³/mol. The molecule has 0 aliphatic rings. The topological polar surface area (TPSA) is 0 Å². The first-order valence-electron chi connectivity index (χ1n) is 7.24. The zero-order valence-electron chi connectivity index (χ0n) is 12.7. The highest BCUT2D eigenvalue weighted by atomic mass is 14.2. The van der Waals surface area contributed by atoms with Crippen LogP contribution in [0.3, 0.4) is 0 Å². The largest absolute Gasteiger partial charge is 0.0815 e. The minimum atomic E-state index is 0.774. The van der Waals surface area contributed by atoms with E-state index in [1.165, 1.54) is 29.5 Å². The monoisotopic (exact) mass is 244 g/mol. The predicted octanol–water partition coefficient (Wildman–Crippen LogP) is 5.42. The zero-order valence-corrected chi connectivity index (χ0v) is 12.7. The van der Waals surface area contributed by atoms with Crippen LogP contribution in [0.2, 0.25) is 0 Å². The molecule has 0 saturated carbocycles. The van der Waals surface area contributed by atoms with Crippen LogP contribution in [0.15, 0.2) is 35.9 Å². The van der Waals surface area contributed by atoms with Crippen molar-refractivity contribution in [2.24, 2.45) is 11.8 Å². The van der Waals surface area contributed by atoms with Crippen molar-refractivity contribution in [3.05, 3.63) is 47.0 Å². The molecule has 0 heteroatoms. The van der Waals surface area contributed by atoms with Gasteiger partial charge < -0.3 is 0 Å². The maximum absolute atomic E-state index is 2.38. The Bertz CT molecular complexity index is 381. The summed E-state index contributed by atoms with van der Waals surface area (Å²) >= 11 is 0. The molecule has 0 spiro atoms. The van der Waals surface area contributed by atoms with Crippen molar-refractivity contribution in [1.82, 2.24) is 0 Å². The van der Waals surface area contributed by atoms with Gasteiger partial charge in [-0.15, -0.1) is 0 Å². The standard InChI is InChI=1S/C18H28/c1-6-18(15(4)5)13-17-9-7-8-16(12-17)11-10-14(2)3/h7-10,12,15,18H,6,11,13H2,1-5H3. The van der Waals surface area contributed by atoms with Crippen molar-refractivity contribution < 1.29 is 0 Å². The van der Waals surface area contributed by atoms with Gasteiger partial charge in [-0.1, -0.05) is 63.1 Å². The van der Waals surface area contributed by atoms with E-state index in [0.717, 1.165) is 18.3 Å². The Kier molecular flexibility index (Phi) is 6.18. The molecule has 1 aromatic rings. The first-order valence-corrected chi connectivity index (χ1v) is 7.24. The lowest BCUT2D eigenvalue weighted by Gasteiger charge is -2.19. The summed E-state index contributed by atoms with van der Waals surface area (Å²) in [5.74, 6) is 1.58. The quantitative estimate of drug-likeness (QED) is 0.586. The molecule has 1 rings (SSSR count). The molecule has 1 aromatic carbocycles. The summed E-state index contributed by atoms with van der Waals surface area (Å²) in [4.78, 5) is 0. The molecular formula is C18H28. The Morgan fingerprint density at radius 3 is 2.39 bits per heavy atom. The van der Waals surface area contributed by atoms with Crippen LogP contribution in [-0.4, -0.2) is 0 Å². The van der Waals surface area contributed by atoms with Gasteiger partial charge in [0.05, 0.1) is 0 Å². The Morgan fingerprint density at radius 1 is 1.17 bits per heavy atom. The van der Waals surface area contributed by atoms with Crippen molar-refractivity contribution in [2.75, 3.05) is 0 Å². The first kappa shape index (κ1) is 15.0. The fourth-order valence-corrected chi connectivity index (χ4v) is 2.36. The Labute approximate surface area is 113 Å². The maximum Gasteiger partial charge on any atom is -0.00949 e. The van der Waals surface area contributed by atoms with Crippen LogP contribution in [0.5, 0.6) is 0 Å². The molecule has 0 amide bonds. The lowest BCUT2D eigenvalue weighted by molar-refractivity contribution is 0.371. The SMILES string of the molecule is CCC(Cc1cccc(CC=C(C)C)c1)C(C)C. The minimum Gasteiger partial charge on any atom is -0.0815 e. The molecule has 0 fully saturated rings. The summed E-state index contributed by atoms with van der Waals surface area (Å²) in [6.45, 7) is 11.3. The molecule has 0 radical (unpaired) electrons. The van der Waals surface area contributed by atoms with Crippen LogP contribution in [0.4, 0.5) is 0 Å². The summed E-state index contributed by atoms with van der Waals surface area (Å²) in [5.41, 5.74) is 4.33. The van der Waals surface area contributed by atoms with Gasteiger partial charge in [0.1, 0.15) is 0 Å². The lowest BCUT2D eigenvalue weighted by Crippen LogP contribution is -2.10. The number of hydrogen-bond donors (Lipinski definition) is 0. The molecule has 0 heterocycles. The van der Waals surface area contributed by atoms with Gasteiger partial charge in [0.2, 0.25) is 0 Å². The smallest absolute Gasteiger partial charge is 0.00949 e. The second-order valence-electron chi connectivity index (χ2n) is 5.92. The van der Waals surface area contributed by atoms with E-state index < -0.39 is 0 Å². The third kappa shape index (κ3) is 5.08.